The number of likely N-dealkylation sites (N-methyl/N-ethyl adjacent to an activating group) is 1. The molecule has 0 aliphatic carbocycles. The number of nitrogens with one attached hydrogen (secondary N) is 1. The standard InChI is InChI=1S/C7H15NO5/c1-8-7-6(12)5(11)4(10)3(2-9)13-7/h3-12H,2H2,1H3/t3-,4-,5+,6-,7?/m1/s1. The van der Waals surface area contributed by atoms with E-state index >= 15 is 0 Å². The van der Waals surface area contributed by atoms with E-state index in [0.717, 1.165) is 0 Å². The lowest BCUT2D eigenvalue weighted by Crippen LogP contribution is -2.61. The van der Waals surface area contributed by atoms with Crippen LogP contribution in [0.2, 0.25) is 0 Å². The average molecular weight is 193 g/mol. The van der Waals surface area contributed by atoms with Crippen LogP contribution in [0.5, 0.6) is 0 Å². The fourth-order valence-corrected chi connectivity index (χ4v) is 1.34. The second-order valence-electron chi connectivity index (χ2n) is 3.04. The highest BCUT2D eigenvalue weighted by Gasteiger charge is 2.42. The summed E-state index contributed by atoms with van der Waals surface area (Å²) in [7, 11) is 1.55. The van der Waals surface area contributed by atoms with Crippen molar-refractivity contribution < 1.29 is 25.2 Å². The Kier molecular flexibility index (Phi) is 3.60. The van der Waals surface area contributed by atoms with E-state index in [4.69, 9.17) is 9.84 Å². The van der Waals surface area contributed by atoms with E-state index < -0.39 is 37.3 Å². The first-order valence-corrected chi connectivity index (χ1v) is 4.09. The van der Waals surface area contributed by atoms with Crippen LogP contribution in [-0.4, -0.2) is 64.7 Å². The number of ether oxygens (including phenoxy) is 1. The molecule has 1 rings (SSSR count). The Morgan fingerprint density at radius 1 is 1.15 bits per heavy atom. The van der Waals surface area contributed by atoms with Crippen LogP contribution in [0, 0.1) is 0 Å². The molecule has 0 aromatic rings. The summed E-state index contributed by atoms with van der Waals surface area (Å²) < 4.78 is 5.06. The van der Waals surface area contributed by atoms with Gasteiger partial charge in [-0.1, -0.05) is 0 Å². The third-order valence-electron chi connectivity index (χ3n) is 2.18. The van der Waals surface area contributed by atoms with Crippen molar-refractivity contribution in [3.8, 4) is 0 Å². The molecule has 1 aliphatic rings. The SMILES string of the molecule is CNC1O[C@H](CO)[C@@H](O)[C@H](O)[C@H]1O. The predicted molar refractivity (Wildman–Crippen MR) is 42.8 cm³/mol. The zero-order valence-electron chi connectivity index (χ0n) is 7.29. The van der Waals surface area contributed by atoms with Crippen molar-refractivity contribution >= 4 is 0 Å². The van der Waals surface area contributed by atoms with Crippen molar-refractivity contribution in [2.24, 2.45) is 0 Å². The molecule has 1 saturated heterocycles. The molecule has 13 heavy (non-hydrogen) atoms. The van der Waals surface area contributed by atoms with Gasteiger partial charge in [0.1, 0.15) is 30.6 Å². The van der Waals surface area contributed by atoms with E-state index in [1.807, 2.05) is 0 Å². The molecule has 0 aromatic carbocycles. The summed E-state index contributed by atoms with van der Waals surface area (Å²) in [5.41, 5.74) is 0. The second kappa shape index (κ2) is 4.32. The largest absolute Gasteiger partial charge is 0.394 e. The highest BCUT2D eigenvalue weighted by atomic mass is 16.6. The maximum absolute atomic E-state index is 9.34. The van der Waals surface area contributed by atoms with Gasteiger partial charge in [0.15, 0.2) is 0 Å². The Balaban J connectivity index is 2.66. The number of hydrogen-bond donors (Lipinski definition) is 5. The first-order valence-electron chi connectivity index (χ1n) is 4.09. The topological polar surface area (TPSA) is 102 Å². The zero-order valence-corrected chi connectivity index (χ0v) is 7.29. The minimum atomic E-state index is -1.30. The van der Waals surface area contributed by atoms with E-state index in [1.165, 1.54) is 0 Å². The number of aliphatic hydroxyl groups excluding tert-OH is 4. The molecular formula is C7H15NO5. The minimum absolute atomic E-state index is 0.400. The quantitative estimate of drug-likeness (QED) is 0.320. The highest BCUT2D eigenvalue weighted by molar-refractivity contribution is 4.90. The molecule has 5 atom stereocenters. The summed E-state index contributed by atoms with van der Waals surface area (Å²) in [5, 5.41) is 39.3. The van der Waals surface area contributed by atoms with E-state index in [0.29, 0.717) is 0 Å². The first kappa shape index (κ1) is 10.8. The summed E-state index contributed by atoms with van der Waals surface area (Å²) >= 11 is 0. The van der Waals surface area contributed by atoms with Crippen molar-refractivity contribution in [1.82, 2.24) is 5.32 Å². The van der Waals surface area contributed by atoms with Gasteiger partial charge in [-0.3, -0.25) is 5.32 Å². The monoisotopic (exact) mass is 193 g/mol. The Labute approximate surface area is 75.8 Å². The summed E-state index contributed by atoms with van der Waals surface area (Å²) in [6.07, 6.45) is -5.39. The van der Waals surface area contributed by atoms with Crippen LogP contribution in [0.1, 0.15) is 0 Å². The molecule has 1 unspecified atom stereocenters. The summed E-state index contributed by atoms with van der Waals surface area (Å²) in [4.78, 5) is 0. The Bertz CT molecular complexity index is 147. The fourth-order valence-electron chi connectivity index (χ4n) is 1.34. The van der Waals surface area contributed by atoms with E-state index in [9.17, 15) is 15.3 Å². The maximum Gasteiger partial charge on any atom is 0.137 e. The molecule has 5 N–H and O–H groups in total. The minimum Gasteiger partial charge on any atom is -0.394 e. The van der Waals surface area contributed by atoms with Crippen molar-refractivity contribution in [1.29, 1.82) is 0 Å². The van der Waals surface area contributed by atoms with Crippen molar-refractivity contribution in [3.63, 3.8) is 0 Å². The first-order chi connectivity index (χ1) is 6.11. The van der Waals surface area contributed by atoms with Crippen LogP contribution in [0.3, 0.4) is 0 Å². The predicted octanol–water partition coefficient (Wildman–Crippen LogP) is -2.99. The number of aliphatic hydroxyl groups is 4. The van der Waals surface area contributed by atoms with Crippen LogP contribution in [0.25, 0.3) is 0 Å². The lowest BCUT2D eigenvalue weighted by atomic mass is 9.98. The zero-order chi connectivity index (χ0) is 10.0. The summed E-state index contributed by atoms with van der Waals surface area (Å²) in [5.74, 6) is 0. The Morgan fingerprint density at radius 3 is 2.23 bits per heavy atom. The molecular weight excluding hydrogens is 178 g/mol. The van der Waals surface area contributed by atoms with Gasteiger partial charge in [0.05, 0.1) is 6.61 Å². The van der Waals surface area contributed by atoms with Gasteiger partial charge in [-0.25, -0.2) is 0 Å². The van der Waals surface area contributed by atoms with E-state index in [1.54, 1.807) is 7.05 Å². The molecule has 78 valence electrons. The molecule has 0 amide bonds. The lowest BCUT2D eigenvalue weighted by Gasteiger charge is -2.39. The molecule has 0 bridgehead atoms. The normalized spacial score (nSPS) is 46.4. The van der Waals surface area contributed by atoms with E-state index in [2.05, 4.69) is 5.32 Å². The van der Waals surface area contributed by atoms with Crippen LogP contribution in [-0.2, 0) is 4.74 Å². The van der Waals surface area contributed by atoms with Gasteiger partial charge in [0.2, 0.25) is 0 Å². The third-order valence-corrected chi connectivity index (χ3v) is 2.18. The molecule has 1 aliphatic heterocycles. The smallest absolute Gasteiger partial charge is 0.137 e. The molecule has 1 fully saturated rings. The fraction of sp³-hybridized carbons (Fsp3) is 1.00. The molecule has 0 radical (unpaired) electrons. The molecule has 1 heterocycles. The average Bonchev–Trinajstić information content (AvgIpc) is 2.15. The number of hydrogen-bond acceptors (Lipinski definition) is 6. The van der Waals surface area contributed by atoms with Gasteiger partial charge < -0.3 is 25.2 Å². The van der Waals surface area contributed by atoms with Crippen LogP contribution >= 0.6 is 0 Å². The van der Waals surface area contributed by atoms with Crippen molar-refractivity contribution in [2.75, 3.05) is 13.7 Å². The molecule has 6 heteroatoms. The Morgan fingerprint density at radius 2 is 1.77 bits per heavy atom. The van der Waals surface area contributed by atoms with Gasteiger partial charge in [-0.15, -0.1) is 0 Å². The van der Waals surface area contributed by atoms with E-state index in [-0.39, 0.29) is 0 Å². The van der Waals surface area contributed by atoms with Crippen LogP contribution < -0.4 is 5.32 Å². The van der Waals surface area contributed by atoms with Gasteiger partial charge in [-0.05, 0) is 7.05 Å². The lowest BCUT2D eigenvalue weighted by molar-refractivity contribution is -0.235. The third kappa shape index (κ3) is 1.98. The number of rotatable bonds is 2. The van der Waals surface area contributed by atoms with Crippen molar-refractivity contribution in [3.05, 3.63) is 0 Å². The second-order valence-corrected chi connectivity index (χ2v) is 3.04. The van der Waals surface area contributed by atoms with Gasteiger partial charge >= 0.3 is 0 Å². The van der Waals surface area contributed by atoms with Gasteiger partial charge in [-0.2, -0.15) is 0 Å². The van der Waals surface area contributed by atoms with Gasteiger partial charge in [0.25, 0.3) is 0 Å². The molecule has 0 saturated carbocycles. The molecule has 0 aromatic heterocycles. The van der Waals surface area contributed by atoms with Crippen LogP contribution in [0.15, 0.2) is 0 Å². The molecule has 6 nitrogen and oxygen atoms in total. The Hall–Kier alpha value is -0.240. The maximum atomic E-state index is 9.34. The van der Waals surface area contributed by atoms with Crippen LogP contribution in [0.4, 0.5) is 0 Å². The highest BCUT2D eigenvalue weighted by Crippen LogP contribution is 2.18. The molecule has 0 spiro atoms. The summed E-state index contributed by atoms with van der Waals surface area (Å²) in [6, 6.07) is 0. The van der Waals surface area contributed by atoms with Gasteiger partial charge in [0, 0.05) is 0 Å². The summed E-state index contributed by atoms with van der Waals surface area (Å²) in [6.45, 7) is -0.400. The van der Waals surface area contributed by atoms with Crippen molar-refractivity contribution in [2.45, 2.75) is 30.6 Å².